The molecule has 0 aliphatic rings. The van der Waals surface area contributed by atoms with E-state index >= 15 is 0 Å². The van der Waals surface area contributed by atoms with Crippen LogP contribution in [-0.4, -0.2) is 27.5 Å². The maximum Gasteiger partial charge on any atom is 0.307 e. The Balaban J connectivity index is 2.18. The average Bonchev–Trinajstić information content (AvgIpc) is 2.53. The van der Waals surface area contributed by atoms with Crippen LogP contribution in [-0.2, 0) is 9.53 Å². The lowest BCUT2D eigenvalue weighted by Gasteiger charge is -2.19. The molecule has 0 N–H and O–H groups in total. The predicted octanol–water partition coefficient (Wildman–Crippen LogP) is 2.36. The number of aromatic nitrogens is 2. The van der Waals surface area contributed by atoms with Gasteiger partial charge in [0.15, 0.2) is 4.34 Å². The van der Waals surface area contributed by atoms with Gasteiger partial charge < -0.3 is 4.74 Å². The molecule has 4 nitrogen and oxygen atoms in total. The van der Waals surface area contributed by atoms with E-state index in [1.807, 2.05) is 20.8 Å². The zero-order valence-corrected chi connectivity index (χ0v) is 10.7. The van der Waals surface area contributed by atoms with Gasteiger partial charge in [0.25, 0.3) is 0 Å². The molecule has 0 aromatic carbocycles. The van der Waals surface area contributed by atoms with Gasteiger partial charge in [-0.05, 0) is 20.8 Å². The Kier molecular flexibility index (Phi) is 4.53. The maximum absolute atomic E-state index is 11.3. The second-order valence-corrected chi connectivity index (χ2v) is 6.06. The second-order valence-electron chi connectivity index (χ2n) is 3.89. The van der Waals surface area contributed by atoms with E-state index in [1.54, 1.807) is 5.51 Å². The summed E-state index contributed by atoms with van der Waals surface area (Å²) in [7, 11) is 0. The minimum atomic E-state index is -0.398. The van der Waals surface area contributed by atoms with Crippen LogP contribution < -0.4 is 0 Å². The molecule has 15 heavy (non-hydrogen) atoms. The Bertz CT molecular complexity index is 306. The van der Waals surface area contributed by atoms with E-state index in [0.29, 0.717) is 12.2 Å². The van der Waals surface area contributed by atoms with Gasteiger partial charge in [0.1, 0.15) is 11.1 Å². The van der Waals surface area contributed by atoms with Crippen molar-refractivity contribution in [2.75, 3.05) is 5.75 Å². The predicted molar refractivity (Wildman–Crippen MR) is 61.1 cm³/mol. The van der Waals surface area contributed by atoms with Crippen LogP contribution in [0.4, 0.5) is 0 Å². The van der Waals surface area contributed by atoms with E-state index in [4.69, 9.17) is 4.74 Å². The van der Waals surface area contributed by atoms with Crippen LogP contribution in [0, 0.1) is 0 Å². The highest BCUT2D eigenvalue weighted by molar-refractivity contribution is 8.01. The van der Waals surface area contributed by atoms with E-state index in [1.165, 1.54) is 23.1 Å². The molecule has 84 valence electrons. The number of rotatable bonds is 4. The third kappa shape index (κ3) is 5.74. The third-order valence-corrected chi connectivity index (χ3v) is 3.15. The molecule has 0 aliphatic heterocycles. The van der Waals surface area contributed by atoms with Crippen molar-refractivity contribution in [2.45, 2.75) is 37.1 Å². The molecule has 1 aromatic rings. The molecule has 1 heterocycles. The molecule has 0 aliphatic carbocycles. The molecule has 6 heteroatoms. The summed E-state index contributed by atoms with van der Waals surface area (Å²) in [6.45, 7) is 5.59. The fourth-order valence-corrected chi connectivity index (χ4v) is 2.32. The maximum atomic E-state index is 11.3. The molecule has 0 radical (unpaired) electrons. The quantitative estimate of drug-likeness (QED) is 0.603. The molecule has 1 aromatic heterocycles. The minimum absolute atomic E-state index is 0.167. The highest BCUT2D eigenvalue weighted by Gasteiger charge is 2.15. The van der Waals surface area contributed by atoms with Crippen LogP contribution in [0.5, 0.6) is 0 Å². The van der Waals surface area contributed by atoms with Crippen molar-refractivity contribution in [1.29, 1.82) is 0 Å². The number of carbonyl (C=O) groups is 1. The summed E-state index contributed by atoms with van der Waals surface area (Å²) in [5.74, 6) is 0.518. The summed E-state index contributed by atoms with van der Waals surface area (Å²) in [5.41, 5.74) is 1.28. The van der Waals surface area contributed by atoms with Crippen LogP contribution >= 0.6 is 23.1 Å². The largest absolute Gasteiger partial charge is 0.460 e. The fraction of sp³-hybridized carbons (Fsp3) is 0.667. The first kappa shape index (κ1) is 12.4. The van der Waals surface area contributed by atoms with Gasteiger partial charge in [0.2, 0.25) is 0 Å². The number of hydrogen-bond acceptors (Lipinski definition) is 6. The molecule has 0 spiro atoms. The van der Waals surface area contributed by atoms with Crippen molar-refractivity contribution in [3.63, 3.8) is 0 Å². The van der Waals surface area contributed by atoms with Crippen molar-refractivity contribution in [1.82, 2.24) is 10.2 Å². The first-order valence-corrected chi connectivity index (χ1v) is 6.45. The summed E-state index contributed by atoms with van der Waals surface area (Å²) in [5, 5.41) is 7.58. The number of carbonyl (C=O) groups excluding carboxylic acids is 1. The van der Waals surface area contributed by atoms with E-state index in [2.05, 4.69) is 10.2 Å². The highest BCUT2D eigenvalue weighted by atomic mass is 32.2. The lowest BCUT2D eigenvalue weighted by atomic mass is 10.2. The number of esters is 1. The molecular weight excluding hydrogens is 232 g/mol. The number of hydrogen-bond donors (Lipinski definition) is 0. The molecular formula is C9H14N2O2S2. The van der Waals surface area contributed by atoms with E-state index < -0.39 is 5.60 Å². The molecule has 0 unspecified atom stereocenters. The van der Waals surface area contributed by atoms with E-state index in [9.17, 15) is 4.79 Å². The fourth-order valence-electron chi connectivity index (χ4n) is 0.840. The van der Waals surface area contributed by atoms with Crippen molar-refractivity contribution in [3.05, 3.63) is 5.51 Å². The average molecular weight is 246 g/mol. The highest BCUT2D eigenvalue weighted by Crippen LogP contribution is 2.20. The zero-order chi connectivity index (χ0) is 11.3. The summed E-state index contributed by atoms with van der Waals surface area (Å²) in [6, 6.07) is 0. The smallest absolute Gasteiger partial charge is 0.307 e. The van der Waals surface area contributed by atoms with Gasteiger partial charge in [-0.25, -0.2) is 0 Å². The monoisotopic (exact) mass is 246 g/mol. The van der Waals surface area contributed by atoms with E-state index in [0.717, 1.165) is 4.34 Å². The van der Waals surface area contributed by atoms with Crippen LogP contribution in [0.3, 0.4) is 0 Å². The minimum Gasteiger partial charge on any atom is -0.460 e. The Hall–Kier alpha value is -0.620. The number of nitrogens with zero attached hydrogens (tertiary/aromatic N) is 2. The van der Waals surface area contributed by atoms with Crippen LogP contribution in [0.1, 0.15) is 27.2 Å². The summed E-state index contributed by atoms with van der Waals surface area (Å²) in [4.78, 5) is 11.3. The first-order chi connectivity index (χ1) is 6.97. The van der Waals surface area contributed by atoms with Crippen LogP contribution in [0.25, 0.3) is 0 Å². The number of ether oxygens (including phenoxy) is 1. The van der Waals surface area contributed by atoms with Gasteiger partial charge in [-0.15, -0.1) is 10.2 Å². The van der Waals surface area contributed by atoms with Gasteiger partial charge >= 0.3 is 5.97 Å². The SMILES string of the molecule is CC(C)(C)OC(=O)CCSc1nncs1. The molecule has 0 saturated heterocycles. The van der Waals surface area contributed by atoms with Crippen molar-refractivity contribution >= 4 is 29.1 Å². The summed E-state index contributed by atoms with van der Waals surface area (Å²) < 4.78 is 6.06. The first-order valence-electron chi connectivity index (χ1n) is 4.58. The number of thioether (sulfide) groups is 1. The lowest BCUT2D eigenvalue weighted by Crippen LogP contribution is -2.23. The van der Waals surface area contributed by atoms with E-state index in [-0.39, 0.29) is 5.97 Å². The Labute approximate surface area is 97.4 Å². The zero-order valence-electron chi connectivity index (χ0n) is 9.02. The second kappa shape index (κ2) is 5.46. The van der Waals surface area contributed by atoms with Crippen molar-refractivity contribution in [3.8, 4) is 0 Å². The standard InChI is InChI=1S/C9H14N2O2S2/c1-9(2,3)13-7(12)4-5-14-8-11-10-6-15-8/h6H,4-5H2,1-3H3. The Morgan fingerprint density at radius 3 is 2.87 bits per heavy atom. The molecule has 0 bridgehead atoms. The van der Waals surface area contributed by atoms with Crippen molar-refractivity contribution < 1.29 is 9.53 Å². The van der Waals surface area contributed by atoms with Crippen molar-refractivity contribution in [2.24, 2.45) is 0 Å². The van der Waals surface area contributed by atoms with Crippen LogP contribution in [0.2, 0.25) is 0 Å². The van der Waals surface area contributed by atoms with Gasteiger partial charge in [0, 0.05) is 5.75 Å². The van der Waals surface area contributed by atoms with Crippen LogP contribution in [0.15, 0.2) is 9.85 Å². The molecule has 0 saturated carbocycles. The molecule has 0 atom stereocenters. The topological polar surface area (TPSA) is 52.1 Å². The third-order valence-electron chi connectivity index (χ3n) is 1.29. The normalized spacial score (nSPS) is 11.4. The van der Waals surface area contributed by atoms with Gasteiger partial charge in [0.05, 0.1) is 6.42 Å². The van der Waals surface area contributed by atoms with Gasteiger partial charge in [-0.3, -0.25) is 4.79 Å². The molecule has 1 rings (SSSR count). The summed E-state index contributed by atoms with van der Waals surface area (Å²) >= 11 is 3.00. The van der Waals surface area contributed by atoms with Gasteiger partial charge in [-0.2, -0.15) is 0 Å². The molecule has 0 fully saturated rings. The summed E-state index contributed by atoms with van der Waals surface area (Å²) in [6.07, 6.45) is 0.404. The Morgan fingerprint density at radius 2 is 2.33 bits per heavy atom. The lowest BCUT2D eigenvalue weighted by molar-refractivity contribution is -0.154. The Morgan fingerprint density at radius 1 is 1.60 bits per heavy atom. The van der Waals surface area contributed by atoms with Gasteiger partial charge in [-0.1, -0.05) is 23.1 Å². The molecule has 0 amide bonds.